The summed E-state index contributed by atoms with van der Waals surface area (Å²) in [6.45, 7) is 7.17. The summed E-state index contributed by atoms with van der Waals surface area (Å²) < 4.78 is 0. The molecule has 0 fully saturated rings. The average molecular weight is 240 g/mol. The molecule has 0 unspecified atom stereocenters. The Morgan fingerprint density at radius 3 is 2.61 bits per heavy atom. The first-order valence-corrected chi connectivity index (χ1v) is 6.44. The van der Waals surface area contributed by atoms with E-state index in [2.05, 4.69) is 48.4 Å². The van der Waals surface area contributed by atoms with Crippen LogP contribution in [0.15, 0.2) is 36.5 Å². The first-order chi connectivity index (χ1) is 8.69. The molecule has 1 aromatic carbocycles. The Kier molecular flexibility index (Phi) is 3.98. The van der Waals surface area contributed by atoms with Gasteiger partial charge in [-0.25, -0.2) is 0 Å². The molecule has 0 aliphatic rings. The van der Waals surface area contributed by atoms with Crippen LogP contribution < -0.4 is 5.32 Å². The van der Waals surface area contributed by atoms with E-state index in [0.29, 0.717) is 0 Å². The minimum Gasteiger partial charge on any atom is -0.381 e. The van der Waals surface area contributed by atoms with Gasteiger partial charge in [-0.1, -0.05) is 19.1 Å². The Morgan fingerprint density at radius 2 is 1.94 bits per heavy atom. The molecule has 2 rings (SSSR count). The molecule has 0 atom stereocenters. The number of aromatic nitrogens is 1. The molecule has 1 N–H and O–H groups in total. The van der Waals surface area contributed by atoms with Crippen LogP contribution in [0.1, 0.15) is 29.3 Å². The second kappa shape index (κ2) is 5.67. The smallest absolute Gasteiger partial charge is 0.0416 e. The zero-order valence-corrected chi connectivity index (χ0v) is 11.3. The van der Waals surface area contributed by atoms with Gasteiger partial charge in [0.25, 0.3) is 0 Å². The molecule has 2 nitrogen and oxygen atoms in total. The molecular weight excluding hydrogens is 220 g/mol. The lowest BCUT2D eigenvalue weighted by molar-refractivity contribution is 1.07. The van der Waals surface area contributed by atoms with Crippen molar-refractivity contribution in [2.45, 2.75) is 33.7 Å². The van der Waals surface area contributed by atoms with E-state index in [1.165, 1.54) is 22.4 Å². The number of aryl methyl sites for hydroxylation is 3. The van der Waals surface area contributed by atoms with Crippen molar-refractivity contribution in [1.29, 1.82) is 0 Å². The van der Waals surface area contributed by atoms with Crippen molar-refractivity contribution in [3.05, 3.63) is 58.9 Å². The van der Waals surface area contributed by atoms with Gasteiger partial charge in [0.1, 0.15) is 0 Å². The molecule has 0 saturated heterocycles. The van der Waals surface area contributed by atoms with Crippen molar-refractivity contribution in [1.82, 2.24) is 4.98 Å². The van der Waals surface area contributed by atoms with Gasteiger partial charge >= 0.3 is 0 Å². The van der Waals surface area contributed by atoms with Crippen LogP contribution in [-0.4, -0.2) is 4.98 Å². The van der Waals surface area contributed by atoms with Gasteiger partial charge in [0.2, 0.25) is 0 Å². The highest BCUT2D eigenvalue weighted by molar-refractivity contribution is 5.48. The van der Waals surface area contributed by atoms with Gasteiger partial charge in [0.05, 0.1) is 0 Å². The predicted molar refractivity (Wildman–Crippen MR) is 76.9 cm³/mol. The number of nitrogens with one attached hydrogen (secondary N) is 1. The van der Waals surface area contributed by atoms with Gasteiger partial charge in [0, 0.05) is 24.1 Å². The lowest BCUT2D eigenvalue weighted by Gasteiger charge is -2.10. The third-order valence-electron chi connectivity index (χ3n) is 3.20. The first kappa shape index (κ1) is 12.6. The van der Waals surface area contributed by atoms with Crippen LogP contribution in [-0.2, 0) is 13.0 Å². The van der Waals surface area contributed by atoms with Crippen LogP contribution in [0.2, 0.25) is 0 Å². The molecule has 1 aromatic heterocycles. The molecule has 2 aromatic rings. The van der Waals surface area contributed by atoms with Gasteiger partial charge in [-0.15, -0.1) is 0 Å². The van der Waals surface area contributed by atoms with E-state index in [1.54, 1.807) is 0 Å². The second-order valence-corrected chi connectivity index (χ2v) is 4.66. The van der Waals surface area contributed by atoms with E-state index < -0.39 is 0 Å². The third kappa shape index (κ3) is 3.10. The SMILES string of the molecule is CCc1cc(NCc2ccc(C)nc2)ccc1C. The van der Waals surface area contributed by atoms with Gasteiger partial charge in [-0.3, -0.25) is 4.98 Å². The van der Waals surface area contributed by atoms with Gasteiger partial charge < -0.3 is 5.32 Å². The Morgan fingerprint density at radius 1 is 1.11 bits per heavy atom. The minimum atomic E-state index is 0.819. The molecule has 2 heteroatoms. The number of hydrogen-bond acceptors (Lipinski definition) is 2. The van der Waals surface area contributed by atoms with Crippen molar-refractivity contribution < 1.29 is 0 Å². The maximum atomic E-state index is 4.30. The third-order valence-corrected chi connectivity index (χ3v) is 3.20. The molecular formula is C16H20N2. The normalized spacial score (nSPS) is 10.4. The van der Waals surface area contributed by atoms with Crippen molar-refractivity contribution in [2.24, 2.45) is 0 Å². The lowest BCUT2D eigenvalue weighted by Crippen LogP contribution is -2.01. The first-order valence-electron chi connectivity index (χ1n) is 6.44. The molecule has 0 aliphatic carbocycles. The standard InChI is InChI=1S/C16H20N2/c1-4-15-9-16(8-5-12(15)2)18-11-14-7-6-13(3)17-10-14/h5-10,18H,4,11H2,1-3H3. The fourth-order valence-electron chi connectivity index (χ4n) is 1.97. The van der Waals surface area contributed by atoms with E-state index in [4.69, 9.17) is 0 Å². The summed E-state index contributed by atoms with van der Waals surface area (Å²) in [5.74, 6) is 0. The number of anilines is 1. The summed E-state index contributed by atoms with van der Waals surface area (Å²) in [6.07, 6.45) is 3.00. The molecule has 0 aliphatic heterocycles. The Labute approximate surface area is 109 Å². The van der Waals surface area contributed by atoms with Crippen molar-refractivity contribution in [3.63, 3.8) is 0 Å². The summed E-state index contributed by atoms with van der Waals surface area (Å²) in [5.41, 5.74) is 6.21. The molecule has 0 radical (unpaired) electrons. The molecule has 0 bridgehead atoms. The molecule has 94 valence electrons. The topological polar surface area (TPSA) is 24.9 Å². The van der Waals surface area contributed by atoms with Gasteiger partial charge in [0.15, 0.2) is 0 Å². The molecule has 18 heavy (non-hydrogen) atoms. The molecule has 0 spiro atoms. The highest BCUT2D eigenvalue weighted by atomic mass is 14.9. The largest absolute Gasteiger partial charge is 0.381 e. The van der Waals surface area contributed by atoms with E-state index in [1.807, 2.05) is 19.2 Å². The van der Waals surface area contributed by atoms with Crippen LogP contribution in [0, 0.1) is 13.8 Å². The summed E-state index contributed by atoms with van der Waals surface area (Å²) in [5, 5.41) is 3.44. The maximum absolute atomic E-state index is 4.30. The van der Waals surface area contributed by atoms with E-state index in [0.717, 1.165) is 18.7 Å². The summed E-state index contributed by atoms with van der Waals surface area (Å²) >= 11 is 0. The van der Waals surface area contributed by atoms with E-state index in [-0.39, 0.29) is 0 Å². The van der Waals surface area contributed by atoms with Crippen molar-refractivity contribution >= 4 is 5.69 Å². The fourth-order valence-corrected chi connectivity index (χ4v) is 1.97. The second-order valence-electron chi connectivity index (χ2n) is 4.66. The Bertz CT molecular complexity index is 515. The quantitative estimate of drug-likeness (QED) is 0.877. The monoisotopic (exact) mass is 240 g/mol. The Balaban J connectivity index is 2.04. The highest BCUT2D eigenvalue weighted by Gasteiger charge is 1.99. The highest BCUT2D eigenvalue weighted by Crippen LogP contribution is 2.16. The summed E-state index contributed by atoms with van der Waals surface area (Å²) in [7, 11) is 0. The van der Waals surface area contributed by atoms with Crippen molar-refractivity contribution in [2.75, 3.05) is 5.32 Å². The average Bonchev–Trinajstić information content (AvgIpc) is 2.39. The van der Waals surface area contributed by atoms with Gasteiger partial charge in [-0.2, -0.15) is 0 Å². The van der Waals surface area contributed by atoms with Gasteiger partial charge in [-0.05, 0) is 55.2 Å². The van der Waals surface area contributed by atoms with Crippen LogP contribution in [0.4, 0.5) is 5.69 Å². The molecule has 1 heterocycles. The number of nitrogens with zero attached hydrogens (tertiary/aromatic N) is 1. The number of hydrogen-bond donors (Lipinski definition) is 1. The van der Waals surface area contributed by atoms with Crippen LogP contribution in [0.25, 0.3) is 0 Å². The Hall–Kier alpha value is -1.83. The zero-order chi connectivity index (χ0) is 13.0. The molecule has 0 amide bonds. The summed E-state index contributed by atoms with van der Waals surface area (Å²) in [6, 6.07) is 10.7. The summed E-state index contributed by atoms with van der Waals surface area (Å²) in [4.78, 5) is 4.30. The maximum Gasteiger partial charge on any atom is 0.0416 e. The zero-order valence-electron chi connectivity index (χ0n) is 11.3. The number of rotatable bonds is 4. The molecule has 0 saturated carbocycles. The van der Waals surface area contributed by atoms with Crippen LogP contribution in [0.3, 0.4) is 0 Å². The number of benzene rings is 1. The lowest BCUT2D eigenvalue weighted by atomic mass is 10.1. The van der Waals surface area contributed by atoms with E-state index >= 15 is 0 Å². The predicted octanol–water partition coefficient (Wildman–Crippen LogP) is 3.87. The van der Waals surface area contributed by atoms with Crippen LogP contribution >= 0.6 is 0 Å². The van der Waals surface area contributed by atoms with Crippen LogP contribution in [0.5, 0.6) is 0 Å². The fraction of sp³-hybridized carbons (Fsp3) is 0.312. The van der Waals surface area contributed by atoms with E-state index in [9.17, 15) is 0 Å². The van der Waals surface area contributed by atoms with Crippen molar-refractivity contribution in [3.8, 4) is 0 Å². The number of pyridine rings is 1. The minimum absolute atomic E-state index is 0.819.